The van der Waals surface area contributed by atoms with Crippen LogP contribution in [0.5, 0.6) is 0 Å². The molecule has 1 heteroatoms. The van der Waals surface area contributed by atoms with Gasteiger partial charge in [-0.3, -0.25) is 0 Å². The fourth-order valence-electron chi connectivity index (χ4n) is 0.534. The Hall–Kier alpha value is -0.261. The van der Waals surface area contributed by atoms with Gasteiger partial charge < -0.3 is 0 Å². The third-order valence-corrected chi connectivity index (χ3v) is 0.940. The van der Waals surface area contributed by atoms with E-state index in [1.165, 1.54) is 5.56 Å². The number of benzene rings is 1. The molecule has 0 bridgehead atoms. The molecule has 0 fully saturated rings. The van der Waals surface area contributed by atoms with E-state index in [1.807, 2.05) is 18.2 Å². The minimum Gasteiger partial charge on any atom is -0.0622 e. The summed E-state index contributed by atoms with van der Waals surface area (Å²) in [6.45, 7) is 2.08. The maximum Gasteiger partial charge on any atom is 0 e. The predicted octanol–water partition coefficient (Wildman–Crippen LogP) is 1.99. The van der Waals surface area contributed by atoms with Crippen molar-refractivity contribution in [2.45, 2.75) is 6.92 Å². The molecule has 0 atom stereocenters. The maximum atomic E-state index is 2.08. The zero-order valence-electron chi connectivity index (χ0n) is 4.69. The van der Waals surface area contributed by atoms with E-state index >= 15 is 0 Å². The molecular weight excluding hydrogens is 148 g/mol. The van der Waals surface area contributed by atoms with E-state index in [0.717, 1.165) is 0 Å². The Morgan fingerprint density at radius 2 is 1.50 bits per heavy atom. The average molecular weight is 156 g/mol. The summed E-state index contributed by atoms with van der Waals surface area (Å²) in [5, 5.41) is 0. The van der Waals surface area contributed by atoms with Gasteiger partial charge >= 0.3 is 0 Å². The Labute approximate surface area is 60.4 Å². The zero-order chi connectivity index (χ0) is 5.11. The van der Waals surface area contributed by atoms with Crippen LogP contribution in [0.4, 0.5) is 0 Å². The van der Waals surface area contributed by atoms with Crippen molar-refractivity contribution in [2.24, 2.45) is 0 Å². The van der Waals surface area contributed by atoms with Crippen molar-refractivity contribution in [3.8, 4) is 0 Å². The minimum atomic E-state index is 0. The van der Waals surface area contributed by atoms with E-state index in [4.69, 9.17) is 0 Å². The summed E-state index contributed by atoms with van der Waals surface area (Å²) < 4.78 is 0. The molecular formula is C7H8Cu. The van der Waals surface area contributed by atoms with Crippen molar-refractivity contribution in [1.82, 2.24) is 0 Å². The van der Waals surface area contributed by atoms with Crippen LogP contribution in [0.1, 0.15) is 5.56 Å². The first kappa shape index (κ1) is 7.74. The number of hydrogen-bond donors (Lipinski definition) is 0. The molecule has 1 aromatic carbocycles. The molecule has 1 rings (SSSR count). The Kier molecular flexibility index (Phi) is 3.59. The van der Waals surface area contributed by atoms with Crippen molar-refractivity contribution >= 4 is 0 Å². The van der Waals surface area contributed by atoms with E-state index in [1.54, 1.807) is 0 Å². The summed E-state index contributed by atoms with van der Waals surface area (Å²) in [6, 6.07) is 10.3. The smallest absolute Gasteiger partial charge is 0 e. The van der Waals surface area contributed by atoms with Crippen LogP contribution < -0.4 is 0 Å². The molecule has 0 saturated carbocycles. The molecule has 0 nitrogen and oxygen atoms in total. The SMILES string of the molecule is Cc1ccccc1.[Cu]. The first-order chi connectivity index (χ1) is 3.39. The van der Waals surface area contributed by atoms with Gasteiger partial charge in [0.15, 0.2) is 0 Å². The first-order valence-corrected chi connectivity index (χ1v) is 2.41. The van der Waals surface area contributed by atoms with E-state index in [9.17, 15) is 0 Å². The fourth-order valence-corrected chi connectivity index (χ4v) is 0.534. The summed E-state index contributed by atoms with van der Waals surface area (Å²) in [7, 11) is 0. The molecule has 0 heterocycles. The van der Waals surface area contributed by atoms with Gasteiger partial charge in [0.25, 0.3) is 0 Å². The second kappa shape index (κ2) is 3.71. The van der Waals surface area contributed by atoms with E-state index in [2.05, 4.69) is 19.1 Å². The third-order valence-electron chi connectivity index (χ3n) is 0.940. The maximum absolute atomic E-state index is 2.08. The molecule has 0 aromatic heterocycles. The molecule has 1 aromatic rings. The van der Waals surface area contributed by atoms with Crippen LogP contribution in [0.25, 0.3) is 0 Å². The molecule has 0 N–H and O–H groups in total. The van der Waals surface area contributed by atoms with E-state index in [0.29, 0.717) is 0 Å². The molecule has 0 aliphatic heterocycles. The van der Waals surface area contributed by atoms with Gasteiger partial charge in [0.05, 0.1) is 0 Å². The monoisotopic (exact) mass is 155 g/mol. The van der Waals surface area contributed by atoms with Gasteiger partial charge in [0.1, 0.15) is 0 Å². The van der Waals surface area contributed by atoms with Crippen LogP contribution in [-0.2, 0) is 17.1 Å². The van der Waals surface area contributed by atoms with Gasteiger partial charge in [-0.2, -0.15) is 0 Å². The number of hydrogen-bond acceptors (Lipinski definition) is 0. The third kappa shape index (κ3) is 2.15. The number of aryl methyl sites for hydroxylation is 1. The molecule has 0 aliphatic rings. The van der Waals surface area contributed by atoms with Crippen LogP contribution in [0.2, 0.25) is 0 Å². The van der Waals surface area contributed by atoms with Crippen molar-refractivity contribution < 1.29 is 17.1 Å². The van der Waals surface area contributed by atoms with Crippen molar-refractivity contribution in [3.63, 3.8) is 0 Å². The molecule has 0 saturated heterocycles. The average Bonchev–Trinajstić information content (AvgIpc) is 1.69. The largest absolute Gasteiger partial charge is 0.0622 e. The summed E-state index contributed by atoms with van der Waals surface area (Å²) in [5.41, 5.74) is 1.32. The molecule has 47 valence electrons. The summed E-state index contributed by atoms with van der Waals surface area (Å²) >= 11 is 0. The topological polar surface area (TPSA) is 0 Å². The van der Waals surface area contributed by atoms with Crippen LogP contribution >= 0.6 is 0 Å². The molecule has 1 radical (unpaired) electrons. The summed E-state index contributed by atoms with van der Waals surface area (Å²) in [6.07, 6.45) is 0. The Morgan fingerprint density at radius 3 is 1.75 bits per heavy atom. The first-order valence-electron chi connectivity index (χ1n) is 2.41. The van der Waals surface area contributed by atoms with Crippen LogP contribution in [-0.4, -0.2) is 0 Å². The quantitative estimate of drug-likeness (QED) is 0.503. The van der Waals surface area contributed by atoms with Crippen molar-refractivity contribution in [2.75, 3.05) is 0 Å². The second-order valence-corrected chi connectivity index (χ2v) is 1.65. The molecule has 0 aliphatic carbocycles. The fraction of sp³-hybridized carbons (Fsp3) is 0.143. The van der Waals surface area contributed by atoms with Crippen LogP contribution in [0, 0.1) is 6.92 Å². The van der Waals surface area contributed by atoms with Gasteiger partial charge in [0, 0.05) is 17.1 Å². The van der Waals surface area contributed by atoms with Gasteiger partial charge in [-0.25, -0.2) is 0 Å². The molecule has 0 spiro atoms. The molecule has 8 heavy (non-hydrogen) atoms. The van der Waals surface area contributed by atoms with E-state index in [-0.39, 0.29) is 17.1 Å². The second-order valence-electron chi connectivity index (χ2n) is 1.65. The van der Waals surface area contributed by atoms with Crippen LogP contribution in [0.3, 0.4) is 0 Å². The Balaban J connectivity index is 0.000000490. The number of rotatable bonds is 0. The van der Waals surface area contributed by atoms with Gasteiger partial charge in [0.2, 0.25) is 0 Å². The van der Waals surface area contributed by atoms with Crippen LogP contribution in [0.15, 0.2) is 30.3 Å². The Bertz CT molecular complexity index is 134. The molecule has 0 amide bonds. The Morgan fingerprint density at radius 1 is 1.00 bits per heavy atom. The normalized spacial score (nSPS) is 7.62. The predicted molar refractivity (Wildman–Crippen MR) is 31.2 cm³/mol. The van der Waals surface area contributed by atoms with Gasteiger partial charge in [-0.1, -0.05) is 35.9 Å². The van der Waals surface area contributed by atoms with Gasteiger partial charge in [-0.15, -0.1) is 0 Å². The summed E-state index contributed by atoms with van der Waals surface area (Å²) in [4.78, 5) is 0. The van der Waals surface area contributed by atoms with Gasteiger partial charge in [-0.05, 0) is 6.92 Å². The standard InChI is InChI=1S/C7H8.Cu/c1-7-5-3-2-4-6-7;/h2-6H,1H3;. The summed E-state index contributed by atoms with van der Waals surface area (Å²) in [5.74, 6) is 0. The zero-order valence-corrected chi connectivity index (χ0v) is 5.63. The minimum absolute atomic E-state index is 0. The van der Waals surface area contributed by atoms with Crippen molar-refractivity contribution in [1.29, 1.82) is 0 Å². The van der Waals surface area contributed by atoms with Crippen molar-refractivity contribution in [3.05, 3.63) is 35.9 Å². The van der Waals surface area contributed by atoms with E-state index < -0.39 is 0 Å². The molecule has 0 unspecified atom stereocenters.